The minimum Gasteiger partial charge on any atom is -0.508 e. The molecule has 0 radical (unpaired) electrons. The Labute approximate surface area is 352 Å². The Kier molecular flexibility index (Phi) is 18.1. The number of hydrogen-bond acceptors (Lipinski definition) is 8. The lowest BCUT2D eigenvalue weighted by molar-refractivity contribution is -0.142. The average molecular weight is 872 g/mol. The molecule has 0 aromatic heterocycles. The van der Waals surface area contributed by atoms with Crippen LogP contribution in [0.1, 0.15) is 42.5 Å². The maximum absolute atomic E-state index is 14.0. The van der Waals surface area contributed by atoms with Gasteiger partial charge in [-0.3, -0.25) is 28.9 Å². The molecule has 0 saturated heterocycles. The quantitative estimate of drug-likeness (QED) is 0.0571. The molecule has 4 rings (SSSR count). The van der Waals surface area contributed by atoms with Crippen LogP contribution in [0, 0.1) is 5.92 Å². The van der Waals surface area contributed by atoms with Gasteiger partial charge in [0.1, 0.15) is 17.8 Å². The SMILES string of the molecule is CC(C)C[C@H](NC(=O)[C@H](Cc1ccc(NC(=O)CBr)cc1)NC(=O)CNC(=O)CNC(=O)C(Cc1ccc(O)cc1)N(Cc1ccccc1)Cc1ccccc1)C(=O)O. The summed E-state index contributed by atoms with van der Waals surface area (Å²) in [5.41, 5.74) is 3.90. The summed E-state index contributed by atoms with van der Waals surface area (Å²) in [6.45, 7) is 3.52. The number of carboxylic acid groups (broad SMARTS) is 1. The Morgan fingerprint density at radius 3 is 1.69 bits per heavy atom. The first-order chi connectivity index (χ1) is 28.3. The lowest BCUT2D eigenvalue weighted by Gasteiger charge is -2.31. The van der Waals surface area contributed by atoms with Gasteiger partial charge in [0.2, 0.25) is 29.5 Å². The molecule has 3 atom stereocenters. The molecule has 1 unspecified atom stereocenters. The zero-order chi connectivity index (χ0) is 42.7. The number of hydrogen-bond donors (Lipinski definition) is 7. The van der Waals surface area contributed by atoms with Crippen molar-refractivity contribution in [3.8, 4) is 5.75 Å². The van der Waals surface area contributed by atoms with Crippen molar-refractivity contribution in [3.05, 3.63) is 131 Å². The molecule has 0 saturated carbocycles. The van der Waals surface area contributed by atoms with Gasteiger partial charge >= 0.3 is 5.97 Å². The highest BCUT2D eigenvalue weighted by molar-refractivity contribution is 9.09. The Morgan fingerprint density at radius 2 is 1.15 bits per heavy atom. The zero-order valence-corrected chi connectivity index (χ0v) is 34.6. The summed E-state index contributed by atoms with van der Waals surface area (Å²) in [4.78, 5) is 79.4. The predicted molar refractivity (Wildman–Crippen MR) is 227 cm³/mol. The highest BCUT2D eigenvalue weighted by atomic mass is 79.9. The van der Waals surface area contributed by atoms with Crippen molar-refractivity contribution in [2.75, 3.05) is 23.7 Å². The van der Waals surface area contributed by atoms with Crippen molar-refractivity contribution in [1.82, 2.24) is 26.2 Å². The average Bonchev–Trinajstić information content (AvgIpc) is 3.22. The fourth-order valence-corrected chi connectivity index (χ4v) is 6.40. The van der Waals surface area contributed by atoms with Crippen LogP contribution in [0.5, 0.6) is 5.75 Å². The van der Waals surface area contributed by atoms with Gasteiger partial charge in [0.25, 0.3) is 0 Å². The number of aromatic hydroxyl groups is 1. The molecule has 0 fully saturated rings. The number of benzene rings is 4. The maximum Gasteiger partial charge on any atom is 0.326 e. The molecule has 0 aliphatic heterocycles. The molecule has 5 amide bonds. The second-order valence-corrected chi connectivity index (χ2v) is 15.0. The van der Waals surface area contributed by atoms with Gasteiger partial charge in [0.05, 0.1) is 24.5 Å². The number of carboxylic acids is 1. The molecule has 0 heterocycles. The number of amides is 5. The van der Waals surface area contributed by atoms with E-state index in [0.29, 0.717) is 24.3 Å². The number of phenols is 1. The number of halogens is 1. The van der Waals surface area contributed by atoms with Crippen molar-refractivity contribution < 1.29 is 39.0 Å². The molecule has 7 N–H and O–H groups in total. The van der Waals surface area contributed by atoms with Gasteiger partial charge in [-0.1, -0.05) is 115 Å². The third-order valence-corrected chi connectivity index (χ3v) is 9.72. The van der Waals surface area contributed by atoms with Gasteiger partial charge in [-0.25, -0.2) is 4.79 Å². The van der Waals surface area contributed by atoms with Gasteiger partial charge in [-0.15, -0.1) is 0 Å². The van der Waals surface area contributed by atoms with Crippen LogP contribution in [0.15, 0.2) is 109 Å². The Hall–Kier alpha value is -6.06. The van der Waals surface area contributed by atoms with E-state index in [0.717, 1.165) is 16.7 Å². The molecule has 59 heavy (non-hydrogen) atoms. The van der Waals surface area contributed by atoms with E-state index in [4.69, 9.17) is 0 Å². The fraction of sp³-hybridized carbons (Fsp3) is 0.318. The number of carbonyl (C=O) groups is 6. The van der Waals surface area contributed by atoms with E-state index >= 15 is 0 Å². The molecule has 0 aliphatic carbocycles. The standard InChI is InChI=1S/C44H51BrN6O8/c1-29(2)21-37(44(58)59)50-42(56)36(22-30-13-17-34(18-14-30)48-39(53)24-45)49-41(55)26-46-40(54)25-47-43(57)38(23-31-15-19-35(52)20-16-31)51(27-32-9-5-3-6-10-32)28-33-11-7-4-8-12-33/h3-20,29,36-38,52H,21-28H2,1-2H3,(H,46,54)(H,47,57)(H,48,53)(H,49,55)(H,50,56)(H,58,59)/t36-,37-,38?/m0/s1. The van der Waals surface area contributed by atoms with Gasteiger partial charge in [-0.2, -0.15) is 0 Å². The first-order valence-corrected chi connectivity index (χ1v) is 20.3. The van der Waals surface area contributed by atoms with Gasteiger partial charge in [-0.05, 0) is 65.3 Å². The zero-order valence-electron chi connectivity index (χ0n) is 33.0. The van der Waals surface area contributed by atoms with Crippen LogP contribution >= 0.6 is 15.9 Å². The number of alkyl halides is 1. The summed E-state index contributed by atoms with van der Waals surface area (Å²) in [5, 5.41) is 32.8. The Bertz CT molecular complexity index is 1960. The molecule has 14 nitrogen and oxygen atoms in total. The minimum absolute atomic E-state index is 0.0207. The van der Waals surface area contributed by atoms with E-state index in [1.54, 1.807) is 48.5 Å². The summed E-state index contributed by atoms with van der Waals surface area (Å²) in [6.07, 6.45) is 0.415. The van der Waals surface area contributed by atoms with Gasteiger partial charge in [0.15, 0.2) is 0 Å². The summed E-state index contributed by atoms with van der Waals surface area (Å²) < 4.78 is 0. The normalized spacial score (nSPS) is 12.5. The molecule has 312 valence electrons. The second-order valence-electron chi connectivity index (χ2n) is 14.5. The van der Waals surface area contributed by atoms with Crippen LogP contribution in [-0.2, 0) is 54.7 Å². The molecule has 4 aromatic rings. The lowest BCUT2D eigenvalue weighted by atomic mass is 10.0. The van der Waals surface area contributed by atoms with Crippen molar-refractivity contribution >= 4 is 57.1 Å². The molecule has 4 aromatic carbocycles. The Balaban J connectivity index is 1.44. The molecular formula is C44H51BrN6O8. The minimum atomic E-state index is -1.22. The van der Waals surface area contributed by atoms with E-state index in [2.05, 4.69) is 42.5 Å². The summed E-state index contributed by atoms with van der Waals surface area (Å²) >= 11 is 3.09. The largest absolute Gasteiger partial charge is 0.508 e. The van der Waals surface area contributed by atoms with Crippen molar-refractivity contribution in [2.45, 2.75) is 64.3 Å². The highest BCUT2D eigenvalue weighted by Gasteiger charge is 2.29. The van der Waals surface area contributed by atoms with Crippen LogP contribution in [0.4, 0.5) is 5.69 Å². The van der Waals surface area contributed by atoms with Crippen LogP contribution in [-0.4, -0.2) is 87.2 Å². The first-order valence-electron chi connectivity index (χ1n) is 19.2. The summed E-state index contributed by atoms with van der Waals surface area (Å²) in [7, 11) is 0. The van der Waals surface area contributed by atoms with Crippen LogP contribution < -0.4 is 26.6 Å². The number of anilines is 1. The van der Waals surface area contributed by atoms with Crippen LogP contribution in [0.25, 0.3) is 0 Å². The third kappa shape index (κ3) is 16.0. The molecule has 0 aliphatic rings. The van der Waals surface area contributed by atoms with Gasteiger partial charge in [0, 0.05) is 25.2 Å². The van der Waals surface area contributed by atoms with E-state index in [1.807, 2.05) is 79.4 Å². The number of rotatable bonds is 22. The Morgan fingerprint density at radius 1 is 0.610 bits per heavy atom. The van der Waals surface area contributed by atoms with E-state index in [-0.39, 0.29) is 42.2 Å². The van der Waals surface area contributed by atoms with E-state index < -0.39 is 60.8 Å². The summed E-state index contributed by atoms with van der Waals surface area (Å²) in [6, 6.07) is 29.4. The maximum atomic E-state index is 14.0. The second kappa shape index (κ2) is 23.4. The monoisotopic (exact) mass is 870 g/mol. The number of nitrogens with zero attached hydrogens (tertiary/aromatic N) is 1. The topological polar surface area (TPSA) is 206 Å². The lowest BCUT2D eigenvalue weighted by Crippen LogP contribution is -2.54. The van der Waals surface area contributed by atoms with Crippen LogP contribution in [0.3, 0.4) is 0 Å². The van der Waals surface area contributed by atoms with Crippen molar-refractivity contribution in [2.24, 2.45) is 5.92 Å². The van der Waals surface area contributed by atoms with E-state index in [1.165, 1.54) is 0 Å². The van der Waals surface area contributed by atoms with Crippen LogP contribution in [0.2, 0.25) is 0 Å². The highest BCUT2D eigenvalue weighted by Crippen LogP contribution is 2.19. The van der Waals surface area contributed by atoms with Crippen molar-refractivity contribution in [3.63, 3.8) is 0 Å². The molecule has 15 heteroatoms. The fourth-order valence-electron chi connectivity index (χ4n) is 6.26. The molecule has 0 spiro atoms. The smallest absolute Gasteiger partial charge is 0.326 e. The van der Waals surface area contributed by atoms with Gasteiger partial charge < -0.3 is 36.8 Å². The molecule has 0 bridgehead atoms. The number of nitrogens with one attached hydrogen (secondary N) is 5. The number of carbonyl (C=O) groups excluding carboxylic acids is 5. The molecular weight excluding hydrogens is 820 g/mol. The van der Waals surface area contributed by atoms with Crippen molar-refractivity contribution in [1.29, 1.82) is 0 Å². The third-order valence-electron chi connectivity index (χ3n) is 9.21. The first kappa shape index (κ1) is 45.6. The number of aliphatic carboxylic acids is 1. The van der Waals surface area contributed by atoms with E-state index in [9.17, 15) is 39.0 Å². The summed E-state index contributed by atoms with van der Waals surface area (Å²) in [5.74, 6) is -3.94. The predicted octanol–water partition coefficient (Wildman–Crippen LogP) is 3.91. The number of phenolic OH excluding ortho intramolecular Hbond substituents is 1.